The summed E-state index contributed by atoms with van der Waals surface area (Å²) in [6.07, 6.45) is 0. The van der Waals surface area contributed by atoms with Crippen LogP contribution in [0.3, 0.4) is 0 Å². The SMILES string of the molecule is CC(=O)c1ccc(-c2ccc(C(=O)OCC(=O)c3ccc(C)s3)o2)cc1. The lowest BCUT2D eigenvalue weighted by atomic mass is 10.1. The van der Waals surface area contributed by atoms with Crippen LogP contribution in [0.1, 0.15) is 42.4 Å². The molecule has 1 aromatic carbocycles. The molecule has 3 aromatic rings. The van der Waals surface area contributed by atoms with E-state index in [1.54, 1.807) is 36.4 Å². The number of carbonyl (C=O) groups is 3. The molecule has 0 aliphatic carbocycles. The molecule has 0 unspecified atom stereocenters. The van der Waals surface area contributed by atoms with Crippen molar-refractivity contribution in [3.8, 4) is 11.3 Å². The smallest absolute Gasteiger partial charge is 0.374 e. The first kappa shape index (κ1) is 17.8. The van der Waals surface area contributed by atoms with Crippen molar-refractivity contribution in [3.05, 3.63) is 69.6 Å². The van der Waals surface area contributed by atoms with Gasteiger partial charge in [0.05, 0.1) is 4.88 Å². The summed E-state index contributed by atoms with van der Waals surface area (Å²) in [6.45, 7) is 3.07. The number of hydrogen-bond acceptors (Lipinski definition) is 6. The van der Waals surface area contributed by atoms with Gasteiger partial charge in [-0.1, -0.05) is 24.3 Å². The van der Waals surface area contributed by atoms with Gasteiger partial charge in [0.15, 0.2) is 12.4 Å². The van der Waals surface area contributed by atoms with E-state index in [-0.39, 0.29) is 23.9 Å². The highest BCUT2D eigenvalue weighted by Gasteiger charge is 2.17. The molecule has 26 heavy (non-hydrogen) atoms. The van der Waals surface area contributed by atoms with Crippen molar-refractivity contribution in [1.29, 1.82) is 0 Å². The third-order valence-electron chi connectivity index (χ3n) is 3.73. The molecule has 2 aromatic heterocycles. The maximum absolute atomic E-state index is 12.1. The number of carbonyl (C=O) groups excluding carboxylic acids is 3. The zero-order valence-corrected chi connectivity index (χ0v) is 15.1. The summed E-state index contributed by atoms with van der Waals surface area (Å²) >= 11 is 1.36. The maximum atomic E-state index is 12.1. The Hall–Kier alpha value is -2.99. The Morgan fingerprint density at radius 2 is 1.73 bits per heavy atom. The fourth-order valence-corrected chi connectivity index (χ4v) is 3.12. The zero-order chi connectivity index (χ0) is 18.7. The molecule has 132 valence electrons. The summed E-state index contributed by atoms with van der Waals surface area (Å²) in [5, 5.41) is 0. The van der Waals surface area contributed by atoms with E-state index in [0.717, 1.165) is 10.4 Å². The van der Waals surface area contributed by atoms with Gasteiger partial charge in [-0.15, -0.1) is 11.3 Å². The van der Waals surface area contributed by atoms with Gasteiger partial charge in [-0.3, -0.25) is 9.59 Å². The molecule has 2 heterocycles. The Bertz CT molecular complexity index is 962. The Balaban J connectivity index is 1.64. The maximum Gasteiger partial charge on any atom is 0.374 e. The van der Waals surface area contributed by atoms with Crippen molar-refractivity contribution < 1.29 is 23.5 Å². The minimum Gasteiger partial charge on any atom is -0.451 e. The van der Waals surface area contributed by atoms with E-state index in [2.05, 4.69) is 0 Å². The summed E-state index contributed by atoms with van der Waals surface area (Å²) in [4.78, 5) is 36.9. The van der Waals surface area contributed by atoms with Crippen molar-refractivity contribution in [2.45, 2.75) is 13.8 Å². The van der Waals surface area contributed by atoms with Crippen molar-refractivity contribution in [2.24, 2.45) is 0 Å². The van der Waals surface area contributed by atoms with Crippen LogP contribution in [0, 0.1) is 6.92 Å². The number of hydrogen-bond donors (Lipinski definition) is 0. The van der Waals surface area contributed by atoms with Crippen LogP contribution < -0.4 is 0 Å². The minimum absolute atomic E-state index is 0.0193. The molecule has 3 rings (SSSR count). The van der Waals surface area contributed by atoms with Crippen molar-refractivity contribution in [1.82, 2.24) is 0 Å². The van der Waals surface area contributed by atoms with Gasteiger partial charge >= 0.3 is 5.97 Å². The number of benzene rings is 1. The number of furan rings is 1. The summed E-state index contributed by atoms with van der Waals surface area (Å²) in [7, 11) is 0. The predicted molar refractivity (Wildman–Crippen MR) is 97.8 cm³/mol. The lowest BCUT2D eigenvalue weighted by Crippen LogP contribution is -2.12. The normalized spacial score (nSPS) is 10.5. The molecule has 0 atom stereocenters. The second kappa shape index (κ2) is 7.49. The highest BCUT2D eigenvalue weighted by Crippen LogP contribution is 2.23. The van der Waals surface area contributed by atoms with Crippen LogP contribution in [-0.2, 0) is 4.74 Å². The Labute approximate surface area is 154 Å². The van der Waals surface area contributed by atoms with Gasteiger partial charge in [0.25, 0.3) is 0 Å². The minimum atomic E-state index is -0.696. The Morgan fingerprint density at radius 1 is 1.00 bits per heavy atom. The lowest BCUT2D eigenvalue weighted by Gasteiger charge is -2.01. The zero-order valence-electron chi connectivity index (χ0n) is 14.3. The highest BCUT2D eigenvalue weighted by molar-refractivity contribution is 7.14. The van der Waals surface area contributed by atoms with E-state index < -0.39 is 5.97 Å². The largest absolute Gasteiger partial charge is 0.451 e. The molecular weight excluding hydrogens is 352 g/mol. The number of esters is 1. The van der Waals surface area contributed by atoms with Crippen LogP contribution in [0.25, 0.3) is 11.3 Å². The molecule has 0 saturated heterocycles. The molecule has 0 amide bonds. The first-order valence-electron chi connectivity index (χ1n) is 7.92. The van der Waals surface area contributed by atoms with E-state index in [1.165, 1.54) is 24.3 Å². The molecule has 0 aliphatic heterocycles. The van der Waals surface area contributed by atoms with Crippen LogP contribution in [-0.4, -0.2) is 24.1 Å². The number of Topliss-reactive ketones (excluding diaryl/α,β-unsaturated/α-hetero) is 2. The van der Waals surface area contributed by atoms with Gasteiger partial charge in [-0.25, -0.2) is 4.79 Å². The molecule has 0 spiro atoms. The van der Waals surface area contributed by atoms with E-state index in [4.69, 9.17) is 9.15 Å². The van der Waals surface area contributed by atoms with Crippen LogP contribution in [0.2, 0.25) is 0 Å². The molecule has 0 N–H and O–H groups in total. The lowest BCUT2D eigenvalue weighted by molar-refractivity contribution is 0.0446. The van der Waals surface area contributed by atoms with Crippen molar-refractivity contribution in [3.63, 3.8) is 0 Å². The standard InChI is InChI=1S/C20H16O5S/c1-12-3-10-19(26-12)16(22)11-24-20(23)18-9-8-17(25-18)15-6-4-14(5-7-15)13(2)21/h3-10H,11H2,1-2H3. The van der Waals surface area contributed by atoms with E-state index in [1.807, 2.05) is 13.0 Å². The summed E-state index contributed by atoms with van der Waals surface area (Å²) in [6, 6.07) is 13.6. The average Bonchev–Trinajstić information content (AvgIpc) is 3.29. The second-order valence-electron chi connectivity index (χ2n) is 5.71. The molecule has 0 radical (unpaired) electrons. The van der Waals surface area contributed by atoms with Crippen LogP contribution >= 0.6 is 11.3 Å². The Kier molecular flexibility index (Phi) is 5.14. The second-order valence-corrected chi connectivity index (χ2v) is 6.99. The topological polar surface area (TPSA) is 73.6 Å². The predicted octanol–water partition coefficient (Wildman–Crippen LogP) is 4.56. The third-order valence-corrected chi connectivity index (χ3v) is 4.77. The van der Waals surface area contributed by atoms with Gasteiger partial charge in [-0.05, 0) is 38.1 Å². The van der Waals surface area contributed by atoms with E-state index in [9.17, 15) is 14.4 Å². The first-order chi connectivity index (χ1) is 12.4. The number of thiophene rings is 1. The molecule has 5 nitrogen and oxygen atoms in total. The third kappa shape index (κ3) is 3.97. The van der Waals surface area contributed by atoms with Gasteiger partial charge < -0.3 is 9.15 Å². The number of ether oxygens (including phenoxy) is 1. The average molecular weight is 368 g/mol. The molecular formula is C20H16O5S. The Morgan fingerprint density at radius 3 is 2.35 bits per heavy atom. The van der Waals surface area contributed by atoms with Crippen LogP contribution in [0.5, 0.6) is 0 Å². The fourth-order valence-electron chi connectivity index (χ4n) is 2.33. The number of aryl methyl sites for hydroxylation is 1. The molecule has 0 saturated carbocycles. The fraction of sp³-hybridized carbons (Fsp3) is 0.150. The number of rotatable bonds is 6. The van der Waals surface area contributed by atoms with E-state index in [0.29, 0.717) is 16.2 Å². The number of ketones is 2. The van der Waals surface area contributed by atoms with Gasteiger partial charge in [0, 0.05) is 16.0 Å². The molecule has 0 fully saturated rings. The van der Waals surface area contributed by atoms with Crippen molar-refractivity contribution in [2.75, 3.05) is 6.61 Å². The summed E-state index contributed by atoms with van der Waals surface area (Å²) in [5.74, 6) is -0.467. The van der Waals surface area contributed by atoms with Gasteiger partial charge in [-0.2, -0.15) is 0 Å². The van der Waals surface area contributed by atoms with Gasteiger partial charge in [0.1, 0.15) is 5.76 Å². The summed E-state index contributed by atoms with van der Waals surface area (Å²) < 4.78 is 10.5. The van der Waals surface area contributed by atoms with Crippen LogP contribution in [0.15, 0.2) is 52.9 Å². The monoisotopic (exact) mass is 368 g/mol. The van der Waals surface area contributed by atoms with Gasteiger partial charge in [0.2, 0.25) is 11.5 Å². The summed E-state index contributed by atoms with van der Waals surface area (Å²) in [5.41, 5.74) is 1.33. The first-order valence-corrected chi connectivity index (χ1v) is 8.73. The molecule has 0 bridgehead atoms. The highest BCUT2D eigenvalue weighted by atomic mass is 32.1. The van der Waals surface area contributed by atoms with Crippen molar-refractivity contribution >= 4 is 28.9 Å². The van der Waals surface area contributed by atoms with E-state index >= 15 is 0 Å². The van der Waals surface area contributed by atoms with Crippen LogP contribution in [0.4, 0.5) is 0 Å². The molecule has 0 aliphatic rings. The molecule has 6 heteroatoms. The quantitative estimate of drug-likeness (QED) is 0.471.